The second-order valence-corrected chi connectivity index (χ2v) is 16.4. The lowest BCUT2D eigenvalue weighted by Gasteiger charge is -2.50. The average Bonchev–Trinajstić information content (AvgIpc) is 3.36. The molecule has 3 fully saturated rings. The summed E-state index contributed by atoms with van der Waals surface area (Å²) in [6, 6.07) is 38.6. The van der Waals surface area contributed by atoms with Crippen LogP contribution in [0, 0.1) is 0 Å². The van der Waals surface area contributed by atoms with E-state index in [1.165, 1.54) is 7.11 Å². The molecule has 4 aromatic carbocycles. The summed E-state index contributed by atoms with van der Waals surface area (Å²) < 4.78 is 64.3. The molecule has 3 aliphatic heterocycles. The Kier molecular flexibility index (Phi) is 19.6. The van der Waals surface area contributed by atoms with E-state index < -0.39 is 67.7 Å². The number of aliphatic hydroxyl groups is 1. The van der Waals surface area contributed by atoms with Crippen LogP contribution in [0.1, 0.15) is 73.5 Å². The van der Waals surface area contributed by atoms with Gasteiger partial charge in [0, 0.05) is 23.5 Å². The van der Waals surface area contributed by atoms with Gasteiger partial charge in [0.2, 0.25) is 0 Å². The lowest BCUT2D eigenvalue weighted by atomic mass is 9.96. The van der Waals surface area contributed by atoms with Crippen molar-refractivity contribution in [3.63, 3.8) is 0 Å². The minimum absolute atomic E-state index is 0.136. The van der Waals surface area contributed by atoms with E-state index in [0.717, 1.165) is 54.4 Å². The van der Waals surface area contributed by atoms with Gasteiger partial charge in [0.15, 0.2) is 18.9 Å². The predicted molar refractivity (Wildman–Crippen MR) is 239 cm³/mol. The maximum absolute atomic E-state index is 12.4. The SMILES string of the molecule is COC(=O)CCCCCCCCO[C@H]1O[C@@H]2COC(c3ccccc3)O[C@H]2[C@H](O)[C@H]1O[C@H]1O[C@H](CON=[N+]=[N-])[C@@H](OCc2ccccc2)[C@H](OCc2ccccc2)[C@H]1OCc1ccccc1. The van der Waals surface area contributed by atoms with E-state index in [9.17, 15) is 15.4 Å². The Labute approximate surface area is 385 Å². The smallest absolute Gasteiger partial charge is 0.305 e. The second kappa shape index (κ2) is 26.4. The molecular weight excluding hydrogens is 851 g/mol. The van der Waals surface area contributed by atoms with Crippen LogP contribution < -0.4 is 0 Å². The van der Waals surface area contributed by atoms with Crippen molar-refractivity contribution < 1.29 is 62.1 Å². The van der Waals surface area contributed by atoms with Crippen molar-refractivity contribution in [3.8, 4) is 0 Å². The Balaban J connectivity index is 1.16. The Hall–Kier alpha value is -4.94. The normalized spacial score (nSPS) is 27.3. The van der Waals surface area contributed by atoms with E-state index in [-0.39, 0.29) is 39.0 Å². The summed E-state index contributed by atoms with van der Waals surface area (Å²) in [5.41, 5.74) is 12.7. The van der Waals surface area contributed by atoms with Crippen molar-refractivity contribution in [3.05, 3.63) is 154 Å². The Morgan fingerprint density at radius 2 is 1.23 bits per heavy atom. The van der Waals surface area contributed by atoms with Crippen LogP contribution in [0.15, 0.2) is 127 Å². The fourth-order valence-electron chi connectivity index (χ4n) is 8.28. The van der Waals surface area contributed by atoms with Gasteiger partial charge in [-0.1, -0.05) is 147 Å². The third-order valence-corrected chi connectivity index (χ3v) is 11.7. The maximum Gasteiger partial charge on any atom is 0.305 e. The molecule has 7 rings (SSSR count). The summed E-state index contributed by atoms with van der Waals surface area (Å²) in [5, 5.41) is 15.8. The molecule has 16 nitrogen and oxygen atoms in total. The maximum atomic E-state index is 12.4. The number of nitrogens with zero attached hydrogens (tertiary/aromatic N) is 3. The number of rotatable bonds is 25. The number of unbranched alkanes of at least 4 members (excludes halogenated alkanes) is 5. The van der Waals surface area contributed by atoms with Crippen molar-refractivity contribution >= 4 is 5.97 Å². The van der Waals surface area contributed by atoms with Gasteiger partial charge in [-0.15, -0.1) is 0 Å². The summed E-state index contributed by atoms with van der Waals surface area (Å²) in [6.07, 6.45) is -5.03. The summed E-state index contributed by atoms with van der Waals surface area (Å²) in [6.45, 7) is 0.752. The molecule has 66 heavy (non-hydrogen) atoms. The number of benzene rings is 4. The molecular formula is C50H61N3O13. The van der Waals surface area contributed by atoms with Gasteiger partial charge < -0.3 is 57.3 Å². The number of aliphatic hydroxyl groups excluding tert-OH is 1. The van der Waals surface area contributed by atoms with Crippen molar-refractivity contribution in [2.24, 2.45) is 5.28 Å². The van der Waals surface area contributed by atoms with Gasteiger partial charge in [0.05, 0.1) is 33.5 Å². The first-order valence-corrected chi connectivity index (χ1v) is 22.8. The molecule has 0 spiro atoms. The van der Waals surface area contributed by atoms with Crippen LogP contribution in [-0.2, 0) is 76.8 Å². The zero-order valence-electron chi connectivity index (χ0n) is 37.3. The third kappa shape index (κ3) is 14.3. The Morgan fingerprint density at radius 1 is 0.667 bits per heavy atom. The summed E-state index contributed by atoms with van der Waals surface area (Å²) >= 11 is 0. The number of carbonyl (C=O) groups is 1. The number of fused-ring (bicyclic) bond motifs is 1. The van der Waals surface area contributed by atoms with Crippen LogP contribution in [0.2, 0.25) is 0 Å². The fraction of sp³-hybridized carbons (Fsp3) is 0.500. The molecule has 0 bridgehead atoms. The zero-order chi connectivity index (χ0) is 45.8. The molecule has 4 aromatic rings. The van der Waals surface area contributed by atoms with Crippen LogP contribution in [-0.4, -0.2) is 99.4 Å². The van der Waals surface area contributed by atoms with Gasteiger partial charge in [-0.05, 0) is 35.1 Å². The predicted octanol–water partition coefficient (Wildman–Crippen LogP) is 8.21. The van der Waals surface area contributed by atoms with Crippen LogP contribution in [0.25, 0.3) is 10.4 Å². The number of hydrogen-bond acceptors (Lipinski definition) is 14. The van der Waals surface area contributed by atoms with E-state index in [4.69, 9.17) is 52.2 Å². The van der Waals surface area contributed by atoms with Crippen LogP contribution in [0.3, 0.4) is 0 Å². The number of azide groups is 1. The molecule has 3 saturated heterocycles. The molecule has 0 aliphatic carbocycles. The fourth-order valence-corrected chi connectivity index (χ4v) is 8.28. The highest BCUT2D eigenvalue weighted by Crippen LogP contribution is 2.38. The third-order valence-electron chi connectivity index (χ3n) is 11.7. The van der Waals surface area contributed by atoms with Crippen molar-refractivity contribution in [2.45, 2.75) is 132 Å². The number of hydrogen-bond donors (Lipinski definition) is 1. The first-order chi connectivity index (χ1) is 32.5. The van der Waals surface area contributed by atoms with Crippen molar-refractivity contribution in [1.82, 2.24) is 0 Å². The van der Waals surface area contributed by atoms with Gasteiger partial charge in [-0.3, -0.25) is 4.79 Å². The van der Waals surface area contributed by atoms with E-state index in [1.807, 2.05) is 121 Å². The van der Waals surface area contributed by atoms with Crippen molar-refractivity contribution in [1.29, 1.82) is 0 Å². The van der Waals surface area contributed by atoms with Gasteiger partial charge >= 0.3 is 5.97 Å². The van der Waals surface area contributed by atoms with Gasteiger partial charge in [0.1, 0.15) is 60.7 Å². The van der Waals surface area contributed by atoms with Crippen LogP contribution >= 0.6 is 0 Å². The lowest BCUT2D eigenvalue weighted by Crippen LogP contribution is -2.66. The first-order valence-electron chi connectivity index (χ1n) is 22.8. The summed E-state index contributed by atoms with van der Waals surface area (Å²) in [7, 11) is 1.40. The molecule has 0 radical (unpaired) electrons. The van der Waals surface area contributed by atoms with E-state index in [1.54, 1.807) is 0 Å². The highest BCUT2D eigenvalue weighted by Gasteiger charge is 2.55. The average molecular weight is 912 g/mol. The molecule has 0 saturated carbocycles. The second-order valence-electron chi connectivity index (χ2n) is 16.4. The molecule has 1 N–H and O–H groups in total. The van der Waals surface area contributed by atoms with Crippen molar-refractivity contribution in [2.75, 3.05) is 26.9 Å². The Bertz CT molecular complexity index is 2030. The number of methoxy groups -OCH3 is 1. The highest BCUT2D eigenvalue weighted by molar-refractivity contribution is 5.68. The molecule has 0 aromatic heterocycles. The molecule has 1 unspecified atom stereocenters. The van der Waals surface area contributed by atoms with Gasteiger partial charge in [-0.25, -0.2) is 0 Å². The van der Waals surface area contributed by atoms with E-state index in [0.29, 0.717) is 19.4 Å². The van der Waals surface area contributed by atoms with Gasteiger partial charge in [0.25, 0.3) is 0 Å². The summed E-state index contributed by atoms with van der Waals surface area (Å²) in [5.74, 6) is -0.197. The monoisotopic (exact) mass is 911 g/mol. The molecule has 3 aliphatic rings. The minimum atomic E-state index is -1.29. The number of esters is 1. The Morgan fingerprint density at radius 3 is 1.83 bits per heavy atom. The number of ether oxygens (including phenoxy) is 10. The summed E-state index contributed by atoms with van der Waals surface area (Å²) in [4.78, 5) is 19.7. The molecule has 16 heteroatoms. The van der Waals surface area contributed by atoms with Crippen LogP contribution in [0.4, 0.5) is 0 Å². The quantitative estimate of drug-likeness (QED) is 0.0168. The standard InChI is InChI=1S/C50H61N3O13/c1-56-41(54)28-18-4-2-3-5-19-29-57-49-45(42(55)43-39(63-49)33-61-48(65-43)38-26-16-9-17-27-38)66-50-47(60-32-37-24-14-8-15-25-37)46(59-31-36-22-12-7-13-23-36)44(40(64-50)34-62-53-52-51)58-30-35-20-10-6-11-21-35/h6-17,20-27,39-40,42-50,55H,2-5,18-19,28-34H2,1H3/t39-,40-,42+,43-,44-,45-,46+,47-,48?,49+,50-/m1/s1. The lowest BCUT2D eigenvalue weighted by molar-refractivity contribution is -0.398. The zero-order valence-corrected chi connectivity index (χ0v) is 37.3. The molecule has 354 valence electrons. The molecule has 3 heterocycles. The molecule has 11 atom stereocenters. The highest BCUT2D eigenvalue weighted by atomic mass is 16.8. The van der Waals surface area contributed by atoms with E-state index in [2.05, 4.69) is 10.2 Å². The topological polar surface area (TPSA) is 188 Å². The van der Waals surface area contributed by atoms with E-state index >= 15 is 0 Å². The van der Waals surface area contributed by atoms with Crippen LogP contribution in [0.5, 0.6) is 0 Å². The number of carbonyl (C=O) groups excluding carboxylic acids is 1. The first kappa shape index (κ1) is 49.0. The molecule has 0 amide bonds. The largest absolute Gasteiger partial charge is 0.469 e. The minimum Gasteiger partial charge on any atom is -0.469 e. The van der Waals surface area contributed by atoms with Gasteiger partial charge in [-0.2, -0.15) is 0 Å².